The summed E-state index contributed by atoms with van der Waals surface area (Å²) >= 11 is 0. The summed E-state index contributed by atoms with van der Waals surface area (Å²) in [6, 6.07) is 10.4. The molecule has 2 aromatic carbocycles. The lowest BCUT2D eigenvalue weighted by atomic mass is 10.1. The van der Waals surface area contributed by atoms with Gasteiger partial charge < -0.3 is 25.8 Å². The highest BCUT2D eigenvalue weighted by molar-refractivity contribution is 7.89. The number of sulfonamides is 1. The Morgan fingerprint density at radius 1 is 0.943 bits per heavy atom. The molecule has 0 aromatic heterocycles. The number of esters is 1. The van der Waals surface area contributed by atoms with E-state index in [9.17, 15) is 32.7 Å². The molecule has 35 heavy (non-hydrogen) atoms. The van der Waals surface area contributed by atoms with Gasteiger partial charge in [0, 0.05) is 12.1 Å². The van der Waals surface area contributed by atoms with Crippen LogP contribution in [0.4, 0.5) is 10.5 Å². The van der Waals surface area contributed by atoms with Gasteiger partial charge in [0.15, 0.2) is 0 Å². The summed E-state index contributed by atoms with van der Waals surface area (Å²) in [6.07, 6.45) is -0.662. The number of carbonyl (C=O) groups is 4. The predicted molar refractivity (Wildman–Crippen MR) is 125 cm³/mol. The summed E-state index contributed by atoms with van der Waals surface area (Å²) in [7, 11) is -1.26. The van der Waals surface area contributed by atoms with Crippen LogP contribution in [0.3, 0.4) is 0 Å². The van der Waals surface area contributed by atoms with Gasteiger partial charge in [-0.3, -0.25) is 9.59 Å². The van der Waals surface area contributed by atoms with Crippen molar-refractivity contribution in [3.8, 4) is 0 Å². The lowest BCUT2D eigenvalue weighted by Gasteiger charge is -2.21. The van der Waals surface area contributed by atoms with Gasteiger partial charge in [-0.2, -0.15) is 0 Å². The smallest absolute Gasteiger partial charge is 0.328 e. The molecule has 0 aliphatic carbocycles. The molecule has 0 aliphatic heterocycles. The molecule has 0 bridgehead atoms. The quantitative estimate of drug-likeness (QED) is 0.273. The molecule has 0 radical (unpaired) electrons. The van der Waals surface area contributed by atoms with Crippen molar-refractivity contribution in [1.82, 2.24) is 15.4 Å². The molecule has 0 fully saturated rings. The average Bonchev–Trinajstić information content (AvgIpc) is 2.83. The number of benzene rings is 2. The minimum atomic E-state index is -3.67. The molecule has 0 aliphatic rings. The first-order chi connectivity index (χ1) is 16.6. The van der Waals surface area contributed by atoms with E-state index in [2.05, 4.69) is 20.7 Å². The third-order valence-corrected chi connectivity index (χ3v) is 6.21. The minimum Gasteiger partial charge on any atom is -0.481 e. The standard InChI is InChI=1S/C22H26N4O8S/c1-23-35(32,33)16-10-8-15(9-11-16)24-22(31)26-17(13-19(27)28)20(29)25-18(21(30)34-2)12-14-6-4-3-5-7-14/h3-11,17-18,23H,12-13H2,1-2H3,(H,25,29)(H,27,28)(H2,24,26,31). The SMILES string of the molecule is CNS(=O)(=O)c1ccc(NC(=O)NC(CC(=O)O)C(=O)NC(Cc2ccccc2)C(=O)OC)cc1. The van der Waals surface area contributed by atoms with E-state index >= 15 is 0 Å². The van der Waals surface area contributed by atoms with E-state index < -0.39 is 52.4 Å². The van der Waals surface area contributed by atoms with Crippen molar-refractivity contribution in [1.29, 1.82) is 0 Å². The van der Waals surface area contributed by atoms with Gasteiger partial charge in [-0.1, -0.05) is 30.3 Å². The third-order valence-electron chi connectivity index (χ3n) is 4.78. The first-order valence-electron chi connectivity index (χ1n) is 10.3. The number of rotatable bonds is 11. The Morgan fingerprint density at radius 2 is 1.57 bits per heavy atom. The maximum absolute atomic E-state index is 12.8. The molecule has 2 rings (SSSR count). The largest absolute Gasteiger partial charge is 0.481 e. The Morgan fingerprint density at radius 3 is 2.11 bits per heavy atom. The first-order valence-corrected chi connectivity index (χ1v) is 11.8. The number of nitrogens with one attached hydrogen (secondary N) is 4. The van der Waals surface area contributed by atoms with Crippen molar-refractivity contribution in [3.05, 3.63) is 60.2 Å². The zero-order valence-corrected chi connectivity index (χ0v) is 19.8. The molecule has 188 valence electrons. The monoisotopic (exact) mass is 506 g/mol. The fourth-order valence-corrected chi connectivity index (χ4v) is 3.73. The first kappa shape index (κ1) is 27.3. The number of hydrogen-bond donors (Lipinski definition) is 5. The number of anilines is 1. The highest BCUT2D eigenvalue weighted by Gasteiger charge is 2.29. The van der Waals surface area contributed by atoms with Crippen LogP contribution in [0.25, 0.3) is 0 Å². The number of carboxylic acids is 1. The lowest BCUT2D eigenvalue weighted by molar-refractivity contribution is -0.145. The minimum absolute atomic E-state index is 0.0265. The maximum Gasteiger partial charge on any atom is 0.328 e. The van der Waals surface area contributed by atoms with Crippen molar-refractivity contribution >= 4 is 39.6 Å². The summed E-state index contributed by atoms with van der Waals surface area (Å²) < 4.78 is 30.5. The van der Waals surface area contributed by atoms with Gasteiger partial charge in [0.05, 0.1) is 18.4 Å². The van der Waals surface area contributed by atoms with Crippen molar-refractivity contribution in [3.63, 3.8) is 0 Å². The second kappa shape index (κ2) is 12.5. The van der Waals surface area contributed by atoms with Crippen molar-refractivity contribution in [2.45, 2.75) is 29.8 Å². The number of carbonyl (C=O) groups excluding carboxylic acids is 3. The molecule has 2 unspecified atom stereocenters. The van der Waals surface area contributed by atoms with E-state index in [4.69, 9.17) is 4.74 Å². The van der Waals surface area contributed by atoms with Crippen LogP contribution in [0.15, 0.2) is 59.5 Å². The second-order valence-corrected chi connectivity index (χ2v) is 9.14. The highest BCUT2D eigenvalue weighted by atomic mass is 32.2. The van der Waals surface area contributed by atoms with Gasteiger partial charge in [-0.15, -0.1) is 0 Å². The van der Waals surface area contributed by atoms with Crippen LogP contribution in [-0.2, 0) is 35.6 Å². The van der Waals surface area contributed by atoms with Crippen LogP contribution in [0, 0.1) is 0 Å². The van der Waals surface area contributed by atoms with E-state index in [0.717, 1.165) is 12.7 Å². The highest BCUT2D eigenvalue weighted by Crippen LogP contribution is 2.14. The predicted octanol–water partition coefficient (Wildman–Crippen LogP) is 0.460. The van der Waals surface area contributed by atoms with E-state index in [1.54, 1.807) is 30.3 Å². The summed E-state index contributed by atoms with van der Waals surface area (Å²) in [5, 5.41) is 16.3. The van der Waals surface area contributed by atoms with Crippen molar-refractivity contribution in [2.24, 2.45) is 0 Å². The van der Waals surface area contributed by atoms with Gasteiger partial charge >= 0.3 is 18.0 Å². The zero-order chi connectivity index (χ0) is 26.0. The maximum atomic E-state index is 12.8. The van der Waals surface area contributed by atoms with Crippen LogP contribution in [-0.4, -0.2) is 63.6 Å². The van der Waals surface area contributed by atoms with E-state index in [0.29, 0.717) is 0 Å². The molecule has 2 aromatic rings. The third kappa shape index (κ3) is 8.39. The number of ether oxygens (including phenoxy) is 1. The summed E-state index contributed by atoms with van der Waals surface area (Å²) in [5.41, 5.74) is 0.927. The van der Waals surface area contributed by atoms with Crippen LogP contribution in [0.2, 0.25) is 0 Å². The number of urea groups is 1. The summed E-state index contributed by atoms with van der Waals surface area (Å²) in [4.78, 5) is 48.6. The van der Waals surface area contributed by atoms with Gasteiger partial charge in [-0.05, 0) is 36.9 Å². The number of amides is 3. The average molecular weight is 507 g/mol. The van der Waals surface area contributed by atoms with Gasteiger partial charge in [0.25, 0.3) is 0 Å². The number of methoxy groups -OCH3 is 1. The molecule has 0 saturated carbocycles. The summed E-state index contributed by atoms with van der Waals surface area (Å²) in [5.74, 6) is -2.99. The van der Waals surface area contributed by atoms with Crippen LogP contribution >= 0.6 is 0 Å². The number of carboxylic acid groups (broad SMARTS) is 1. The van der Waals surface area contributed by atoms with Gasteiger partial charge in [-0.25, -0.2) is 22.7 Å². The van der Waals surface area contributed by atoms with Crippen molar-refractivity contribution in [2.75, 3.05) is 19.5 Å². The van der Waals surface area contributed by atoms with Gasteiger partial charge in [0.1, 0.15) is 12.1 Å². The van der Waals surface area contributed by atoms with Crippen molar-refractivity contribution < 1.29 is 37.4 Å². The Bertz CT molecular complexity index is 1150. The molecule has 0 spiro atoms. The molecule has 2 atom stereocenters. The lowest BCUT2D eigenvalue weighted by Crippen LogP contribution is -2.53. The fourth-order valence-electron chi connectivity index (χ4n) is 3.00. The van der Waals surface area contributed by atoms with E-state index in [-0.39, 0.29) is 17.0 Å². The Labute approximate surface area is 202 Å². The molecule has 12 nitrogen and oxygen atoms in total. The number of aliphatic carboxylic acids is 1. The van der Waals surface area contributed by atoms with Gasteiger partial charge in [0.2, 0.25) is 15.9 Å². The molecular weight excluding hydrogens is 480 g/mol. The zero-order valence-electron chi connectivity index (χ0n) is 19.0. The van der Waals surface area contributed by atoms with Crippen LogP contribution < -0.4 is 20.7 Å². The van der Waals surface area contributed by atoms with E-state index in [1.807, 2.05) is 0 Å². The molecular formula is C22H26N4O8S. The molecule has 0 heterocycles. The molecule has 0 saturated heterocycles. The Balaban J connectivity index is 2.10. The van der Waals surface area contributed by atoms with E-state index in [1.165, 1.54) is 31.3 Å². The van der Waals surface area contributed by atoms with Crippen LogP contribution in [0.1, 0.15) is 12.0 Å². The topological polar surface area (TPSA) is 180 Å². The molecule has 13 heteroatoms. The number of hydrogen-bond acceptors (Lipinski definition) is 7. The summed E-state index contributed by atoms with van der Waals surface area (Å²) in [6.45, 7) is 0. The van der Waals surface area contributed by atoms with Crippen LogP contribution in [0.5, 0.6) is 0 Å². The Kier molecular flexibility index (Phi) is 9.73. The normalized spacial score (nSPS) is 12.6. The Hall–Kier alpha value is -3.97. The second-order valence-electron chi connectivity index (χ2n) is 7.25. The fraction of sp³-hybridized carbons (Fsp3) is 0.273. The molecule has 5 N–H and O–H groups in total. The molecule has 3 amide bonds.